The van der Waals surface area contributed by atoms with Gasteiger partial charge in [-0.15, -0.1) is 11.3 Å². The van der Waals surface area contributed by atoms with Crippen molar-refractivity contribution in [2.75, 3.05) is 13.2 Å². The minimum absolute atomic E-state index is 0.0137. The number of aliphatic hydroxyl groups excluding tert-OH is 2. The first kappa shape index (κ1) is 23.8. The Kier molecular flexibility index (Phi) is 7.83. The van der Waals surface area contributed by atoms with Gasteiger partial charge in [-0.1, -0.05) is 23.7 Å². The molecule has 0 aliphatic heterocycles. The van der Waals surface area contributed by atoms with Crippen molar-refractivity contribution in [1.29, 1.82) is 0 Å². The van der Waals surface area contributed by atoms with Crippen molar-refractivity contribution in [2.45, 2.75) is 43.2 Å². The maximum atomic E-state index is 13.0. The summed E-state index contributed by atoms with van der Waals surface area (Å²) in [7, 11) is -4.00. The summed E-state index contributed by atoms with van der Waals surface area (Å²) in [6.07, 6.45) is 0. The third kappa shape index (κ3) is 6.24. The average molecular weight is 462 g/mol. The number of hydrogen-bond donors (Lipinski definition) is 2. The molecule has 0 amide bonds. The second-order valence-electron chi connectivity index (χ2n) is 7.33. The number of nitrogens with zero attached hydrogens (tertiary/aromatic N) is 1. The Bertz CT molecular complexity index is 930. The Morgan fingerprint density at radius 3 is 2.17 bits per heavy atom. The molecule has 0 saturated carbocycles. The van der Waals surface area contributed by atoms with Crippen LogP contribution in [0.2, 0.25) is 4.34 Å². The Balaban J connectivity index is 2.29. The highest BCUT2D eigenvalue weighted by Crippen LogP contribution is 2.30. The van der Waals surface area contributed by atoms with E-state index in [4.69, 9.17) is 16.3 Å². The first-order valence-corrected chi connectivity index (χ1v) is 11.4. The molecule has 0 fully saturated rings. The van der Waals surface area contributed by atoms with Gasteiger partial charge >= 0.3 is 5.97 Å². The molecule has 0 bridgehead atoms. The van der Waals surface area contributed by atoms with E-state index < -0.39 is 40.8 Å². The van der Waals surface area contributed by atoms with Crippen LogP contribution in [0.25, 0.3) is 0 Å². The molecule has 10 heteroatoms. The van der Waals surface area contributed by atoms with Crippen LogP contribution in [0.15, 0.2) is 40.6 Å². The van der Waals surface area contributed by atoms with Crippen LogP contribution in [-0.4, -0.2) is 53.8 Å². The number of esters is 1. The Hall–Kier alpha value is -1.49. The molecule has 0 aliphatic carbocycles. The Morgan fingerprint density at radius 2 is 1.72 bits per heavy atom. The molecule has 1 heterocycles. The van der Waals surface area contributed by atoms with Gasteiger partial charge in [0.1, 0.15) is 9.81 Å². The summed E-state index contributed by atoms with van der Waals surface area (Å²) in [5.74, 6) is -0.481. The van der Waals surface area contributed by atoms with E-state index in [0.29, 0.717) is 15.5 Å². The minimum atomic E-state index is -4.00. The average Bonchev–Trinajstić information content (AvgIpc) is 3.08. The zero-order valence-electron chi connectivity index (χ0n) is 16.3. The zero-order valence-corrected chi connectivity index (χ0v) is 18.7. The number of thiophene rings is 1. The molecule has 0 saturated heterocycles. The quantitative estimate of drug-likeness (QED) is 0.586. The first-order chi connectivity index (χ1) is 13.5. The number of sulfonamides is 1. The molecule has 2 rings (SSSR count). The molecular weight excluding hydrogens is 438 g/mol. The minimum Gasteiger partial charge on any atom is -0.456 e. The van der Waals surface area contributed by atoms with Crippen LogP contribution in [0, 0.1) is 0 Å². The van der Waals surface area contributed by atoms with E-state index in [0.717, 1.165) is 15.6 Å². The number of halogens is 1. The number of benzene rings is 1. The lowest BCUT2D eigenvalue weighted by Crippen LogP contribution is -2.43. The summed E-state index contributed by atoms with van der Waals surface area (Å²) in [5.41, 5.74) is 0.289. The molecule has 0 spiro atoms. The van der Waals surface area contributed by atoms with Crippen molar-refractivity contribution in [3.8, 4) is 0 Å². The summed E-state index contributed by atoms with van der Waals surface area (Å²) < 4.78 is 32.7. The number of hydrogen-bond acceptors (Lipinski definition) is 7. The van der Waals surface area contributed by atoms with Gasteiger partial charge in [0.15, 0.2) is 0 Å². The molecule has 0 aliphatic rings. The van der Waals surface area contributed by atoms with Crippen LogP contribution in [0.3, 0.4) is 0 Å². The molecule has 2 aromatic rings. The van der Waals surface area contributed by atoms with E-state index in [9.17, 15) is 23.4 Å². The third-order valence-electron chi connectivity index (χ3n) is 3.87. The van der Waals surface area contributed by atoms with Crippen molar-refractivity contribution in [3.63, 3.8) is 0 Å². The lowest BCUT2D eigenvalue weighted by atomic mass is 10.1. The highest BCUT2D eigenvalue weighted by atomic mass is 35.5. The van der Waals surface area contributed by atoms with Gasteiger partial charge in [-0.05, 0) is 50.6 Å². The summed E-state index contributed by atoms with van der Waals surface area (Å²) >= 11 is 6.76. The lowest BCUT2D eigenvalue weighted by molar-refractivity contribution is 0.00694. The Labute approximate surface area is 179 Å². The molecule has 2 N–H and O–H groups in total. The molecule has 0 atom stereocenters. The van der Waals surface area contributed by atoms with Crippen LogP contribution in [-0.2, 0) is 21.3 Å². The zero-order chi connectivity index (χ0) is 21.8. The van der Waals surface area contributed by atoms with E-state index in [1.165, 1.54) is 12.1 Å². The summed E-state index contributed by atoms with van der Waals surface area (Å²) in [6.45, 7) is 4.10. The molecule has 0 radical (unpaired) electrons. The molecule has 7 nitrogen and oxygen atoms in total. The maximum Gasteiger partial charge on any atom is 0.338 e. The van der Waals surface area contributed by atoms with Crippen LogP contribution in [0.1, 0.15) is 36.7 Å². The van der Waals surface area contributed by atoms with Crippen LogP contribution < -0.4 is 0 Å². The molecule has 0 unspecified atom stereocenters. The fraction of sp³-hybridized carbons (Fsp3) is 0.421. The van der Waals surface area contributed by atoms with Crippen LogP contribution in [0.5, 0.6) is 0 Å². The highest BCUT2D eigenvalue weighted by molar-refractivity contribution is 7.91. The topological polar surface area (TPSA) is 104 Å². The molecule has 160 valence electrons. The summed E-state index contributed by atoms with van der Waals surface area (Å²) in [5, 5.41) is 19.1. The number of rotatable bonds is 8. The van der Waals surface area contributed by atoms with Crippen molar-refractivity contribution >= 4 is 38.9 Å². The number of aliphatic hydroxyl groups is 2. The first-order valence-electron chi connectivity index (χ1n) is 8.79. The van der Waals surface area contributed by atoms with Gasteiger partial charge in [0.2, 0.25) is 0 Å². The van der Waals surface area contributed by atoms with Gasteiger partial charge in [0, 0.05) is 6.54 Å². The second kappa shape index (κ2) is 9.55. The number of carbonyl (C=O) groups is 1. The van der Waals surface area contributed by atoms with Crippen LogP contribution >= 0.6 is 22.9 Å². The van der Waals surface area contributed by atoms with Crippen molar-refractivity contribution < 1.29 is 28.2 Å². The number of carbonyl (C=O) groups excluding carboxylic acids is 1. The van der Waals surface area contributed by atoms with E-state index in [1.54, 1.807) is 45.0 Å². The smallest absolute Gasteiger partial charge is 0.338 e. The SMILES string of the molecule is CC(C)(C)OC(=O)c1ccc(CN(C(CO)CO)S(=O)(=O)c2ccc(Cl)s2)cc1. The summed E-state index contributed by atoms with van der Waals surface area (Å²) in [4.78, 5) is 12.1. The van der Waals surface area contributed by atoms with Crippen molar-refractivity contribution in [3.05, 3.63) is 51.9 Å². The van der Waals surface area contributed by atoms with Gasteiger partial charge in [-0.25, -0.2) is 13.2 Å². The van der Waals surface area contributed by atoms with Gasteiger partial charge in [0.05, 0.1) is 29.2 Å². The lowest BCUT2D eigenvalue weighted by Gasteiger charge is -2.28. The van der Waals surface area contributed by atoms with Crippen molar-refractivity contribution in [2.24, 2.45) is 0 Å². The van der Waals surface area contributed by atoms with Gasteiger partial charge in [-0.3, -0.25) is 0 Å². The van der Waals surface area contributed by atoms with Crippen LogP contribution in [0.4, 0.5) is 0 Å². The Morgan fingerprint density at radius 1 is 1.14 bits per heavy atom. The second-order valence-corrected chi connectivity index (χ2v) is 11.2. The molecular formula is C19H24ClNO6S2. The monoisotopic (exact) mass is 461 g/mol. The highest BCUT2D eigenvalue weighted by Gasteiger charge is 2.32. The van der Waals surface area contributed by atoms with Gasteiger partial charge < -0.3 is 14.9 Å². The predicted molar refractivity (Wildman–Crippen MR) is 112 cm³/mol. The normalized spacial score (nSPS) is 12.6. The third-order valence-corrected chi connectivity index (χ3v) is 7.46. The van der Waals surface area contributed by atoms with E-state index in [2.05, 4.69) is 0 Å². The largest absolute Gasteiger partial charge is 0.456 e. The fourth-order valence-electron chi connectivity index (χ4n) is 2.47. The predicted octanol–water partition coefficient (Wildman–Crippen LogP) is 2.90. The summed E-state index contributed by atoms with van der Waals surface area (Å²) in [6, 6.07) is 8.13. The van der Waals surface area contributed by atoms with E-state index in [1.807, 2.05) is 0 Å². The number of ether oxygens (including phenoxy) is 1. The van der Waals surface area contributed by atoms with E-state index >= 15 is 0 Å². The van der Waals surface area contributed by atoms with E-state index in [-0.39, 0.29) is 10.8 Å². The van der Waals surface area contributed by atoms with Gasteiger partial charge in [-0.2, -0.15) is 4.31 Å². The molecule has 29 heavy (non-hydrogen) atoms. The fourth-order valence-corrected chi connectivity index (χ4v) is 5.67. The molecule has 1 aromatic heterocycles. The maximum absolute atomic E-state index is 13.0. The molecule has 1 aromatic carbocycles. The van der Waals surface area contributed by atoms with Crippen molar-refractivity contribution in [1.82, 2.24) is 4.31 Å². The van der Waals surface area contributed by atoms with Gasteiger partial charge in [0.25, 0.3) is 10.0 Å². The standard InChI is InChI=1S/C19H24ClNO6S2/c1-19(2,3)27-18(24)14-6-4-13(5-7-14)10-21(15(11-22)12-23)29(25,26)17-9-8-16(20)28-17/h4-9,15,22-23H,10-12H2,1-3H3.